The van der Waals surface area contributed by atoms with Gasteiger partial charge in [0.2, 0.25) is 0 Å². The largest absolute Gasteiger partial charge is 0.325 e. The van der Waals surface area contributed by atoms with E-state index in [1.165, 1.54) is 6.20 Å². The molecular weight excluding hydrogens is 136 g/mol. The second kappa shape index (κ2) is 4.30. The molecule has 1 heterocycles. The summed E-state index contributed by atoms with van der Waals surface area (Å²) in [6, 6.07) is 4.97. The molecule has 2 N–H and O–H groups in total. The molecule has 50 valence electrons. The first-order valence-electron chi connectivity index (χ1n) is 3.31. The number of nitrogens with two attached hydrogens (primary N) is 1. The number of halogens is 1. The molecule has 0 saturated heterocycles. The van der Waals surface area contributed by atoms with Crippen molar-refractivity contribution in [3.63, 3.8) is 0 Å². The van der Waals surface area contributed by atoms with Crippen molar-refractivity contribution in [1.82, 2.24) is 4.98 Å². The molecule has 0 aliphatic carbocycles. The van der Waals surface area contributed by atoms with Crippen LogP contribution in [0.25, 0.3) is 0 Å². The van der Waals surface area contributed by atoms with Crippen molar-refractivity contribution in [2.45, 2.75) is 6.50 Å². The zero-order chi connectivity index (χ0) is 7.61. The van der Waals surface area contributed by atoms with Crippen LogP contribution in [-0.4, -0.2) is 4.98 Å². The van der Waals surface area contributed by atoms with Crippen LogP contribution in [-0.2, 0) is 6.50 Å². The van der Waals surface area contributed by atoms with Gasteiger partial charge in [0, 0.05) is 15.4 Å². The van der Waals surface area contributed by atoms with Crippen molar-refractivity contribution in [2.75, 3.05) is 0 Å². The van der Waals surface area contributed by atoms with Crippen LogP contribution in [0.2, 0.25) is 0 Å². The van der Waals surface area contributed by atoms with E-state index in [0.29, 0.717) is 0 Å². The predicted octanol–water partition coefficient (Wildman–Crippen LogP) is 0.962. The molecule has 0 fully saturated rings. The van der Waals surface area contributed by atoms with Gasteiger partial charge in [-0.3, -0.25) is 4.98 Å². The van der Waals surface area contributed by atoms with E-state index >= 15 is 0 Å². The van der Waals surface area contributed by atoms with Crippen LogP contribution >= 0.6 is 12.4 Å². The minimum absolute atomic E-state index is 0. The maximum atomic E-state index is 7.05. The number of aromatic nitrogens is 1. The van der Waals surface area contributed by atoms with Gasteiger partial charge in [-0.05, 0) is 12.1 Å². The van der Waals surface area contributed by atoms with Crippen LogP contribution in [0.1, 0.15) is 8.44 Å². The fourth-order valence-electron chi connectivity index (χ4n) is 0.448. The quantitative estimate of drug-likeness (QED) is 0.641. The minimum atomic E-state index is -1.82. The Morgan fingerprint density at radius 1 is 1.67 bits per heavy atom. The summed E-state index contributed by atoms with van der Waals surface area (Å²) in [7, 11) is 0. The lowest BCUT2D eigenvalue weighted by atomic mass is 10.4. The van der Waals surface area contributed by atoms with E-state index in [0.717, 1.165) is 0 Å². The Hall–Kier alpha value is -0.600. The van der Waals surface area contributed by atoms with E-state index in [9.17, 15) is 0 Å². The zero-order valence-corrected chi connectivity index (χ0v) is 5.56. The number of pyridine rings is 1. The molecule has 0 amide bonds. The van der Waals surface area contributed by atoms with E-state index < -0.39 is 6.50 Å². The van der Waals surface area contributed by atoms with Crippen LogP contribution in [0.15, 0.2) is 24.4 Å². The molecule has 0 unspecified atom stereocenters. The zero-order valence-electron chi connectivity index (χ0n) is 6.74. The monoisotopic (exact) mass is 146 g/mol. The SMILES string of the molecule is Cl.[2H]C([2H])(N)c1ccccn1. The van der Waals surface area contributed by atoms with Crippen LogP contribution in [0.4, 0.5) is 0 Å². The Bertz CT molecular complexity index is 210. The average molecular weight is 147 g/mol. The van der Waals surface area contributed by atoms with Crippen molar-refractivity contribution < 1.29 is 2.74 Å². The molecule has 2 nitrogen and oxygen atoms in total. The third-order valence-electron chi connectivity index (χ3n) is 0.813. The summed E-state index contributed by atoms with van der Waals surface area (Å²) in [5, 5.41) is 0. The van der Waals surface area contributed by atoms with Gasteiger partial charge in [-0.1, -0.05) is 6.07 Å². The fourth-order valence-corrected chi connectivity index (χ4v) is 0.448. The van der Waals surface area contributed by atoms with Crippen molar-refractivity contribution in [3.8, 4) is 0 Å². The van der Waals surface area contributed by atoms with Gasteiger partial charge in [0.25, 0.3) is 0 Å². The average Bonchev–Trinajstić information content (AvgIpc) is 1.88. The smallest absolute Gasteiger partial charge is 0.0539 e. The standard InChI is InChI=1S/C6H8N2.ClH/c7-5-6-3-1-2-4-8-6;/h1-4H,5,7H2;1H/i5D2;. The van der Waals surface area contributed by atoms with Gasteiger partial charge in [0.15, 0.2) is 0 Å². The lowest BCUT2D eigenvalue weighted by molar-refractivity contribution is 0.991. The minimum Gasteiger partial charge on any atom is -0.325 e. The molecule has 1 rings (SSSR count). The van der Waals surface area contributed by atoms with Gasteiger partial charge in [0.05, 0.1) is 5.69 Å². The lowest BCUT2D eigenvalue weighted by Gasteiger charge is -1.89. The summed E-state index contributed by atoms with van der Waals surface area (Å²) >= 11 is 0. The third-order valence-corrected chi connectivity index (χ3v) is 0.813. The fraction of sp³-hybridized carbons (Fsp3) is 0.167. The molecule has 0 bridgehead atoms. The van der Waals surface area contributed by atoms with Gasteiger partial charge in [-0.15, -0.1) is 12.4 Å². The second-order valence-corrected chi connectivity index (χ2v) is 1.36. The second-order valence-electron chi connectivity index (χ2n) is 1.36. The molecule has 1 aromatic heterocycles. The Morgan fingerprint density at radius 2 is 2.44 bits per heavy atom. The van der Waals surface area contributed by atoms with Gasteiger partial charge in [-0.25, -0.2) is 0 Å². The molecule has 0 atom stereocenters. The topological polar surface area (TPSA) is 38.9 Å². The highest BCUT2D eigenvalue weighted by Crippen LogP contribution is 1.88. The Labute approximate surface area is 63.3 Å². The van der Waals surface area contributed by atoms with Crippen molar-refractivity contribution in [2.24, 2.45) is 5.73 Å². The summed E-state index contributed by atoms with van der Waals surface area (Å²) in [6.07, 6.45) is 1.51. The van der Waals surface area contributed by atoms with Crippen molar-refractivity contribution >= 4 is 12.4 Å². The maximum absolute atomic E-state index is 7.05. The van der Waals surface area contributed by atoms with Gasteiger partial charge in [-0.2, -0.15) is 0 Å². The molecule has 3 heteroatoms. The van der Waals surface area contributed by atoms with Gasteiger partial charge < -0.3 is 5.73 Å². The summed E-state index contributed by atoms with van der Waals surface area (Å²) in [5.41, 5.74) is 5.39. The third kappa shape index (κ3) is 2.44. The van der Waals surface area contributed by atoms with Crippen molar-refractivity contribution in [1.29, 1.82) is 0 Å². The van der Waals surface area contributed by atoms with E-state index in [4.69, 9.17) is 8.48 Å². The molecule has 0 aliphatic rings. The van der Waals surface area contributed by atoms with Gasteiger partial charge >= 0.3 is 0 Å². The van der Waals surface area contributed by atoms with Crippen LogP contribution in [0.5, 0.6) is 0 Å². The van der Waals surface area contributed by atoms with Crippen LogP contribution in [0.3, 0.4) is 0 Å². The number of rotatable bonds is 1. The highest BCUT2D eigenvalue weighted by molar-refractivity contribution is 5.85. The van der Waals surface area contributed by atoms with Gasteiger partial charge in [0.1, 0.15) is 0 Å². The van der Waals surface area contributed by atoms with E-state index in [1.807, 2.05) is 0 Å². The first-order valence-corrected chi connectivity index (χ1v) is 2.31. The normalized spacial score (nSPS) is 13.0. The highest BCUT2D eigenvalue weighted by Gasteiger charge is 1.81. The first-order chi connectivity index (χ1) is 4.61. The summed E-state index contributed by atoms with van der Waals surface area (Å²) in [6.45, 7) is -1.82. The Morgan fingerprint density at radius 3 is 2.78 bits per heavy atom. The molecule has 0 aromatic carbocycles. The Balaban J connectivity index is 0.000001000. The molecule has 0 saturated carbocycles. The predicted molar refractivity (Wildman–Crippen MR) is 39.4 cm³/mol. The van der Waals surface area contributed by atoms with E-state index in [1.54, 1.807) is 18.2 Å². The molecule has 0 radical (unpaired) electrons. The summed E-state index contributed by atoms with van der Waals surface area (Å²) < 4.78 is 14.1. The van der Waals surface area contributed by atoms with Crippen LogP contribution < -0.4 is 5.73 Å². The molecular formula is C6H9ClN2. The van der Waals surface area contributed by atoms with E-state index in [2.05, 4.69) is 4.98 Å². The number of nitrogens with zero attached hydrogens (tertiary/aromatic N) is 1. The first kappa shape index (κ1) is 5.21. The van der Waals surface area contributed by atoms with E-state index in [-0.39, 0.29) is 18.1 Å². The molecule has 0 spiro atoms. The molecule has 0 aliphatic heterocycles. The summed E-state index contributed by atoms with van der Waals surface area (Å²) in [4.78, 5) is 3.75. The van der Waals surface area contributed by atoms with Crippen molar-refractivity contribution in [3.05, 3.63) is 30.1 Å². The number of hydrogen-bond donors (Lipinski definition) is 1. The lowest BCUT2D eigenvalue weighted by Crippen LogP contribution is -1.97. The molecule has 1 aromatic rings. The summed E-state index contributed by atoms with van der Waals surface area (Å²) in [5.74, 6) is 0. The maximum Gasteiger partial charge on any atom is 0.0539 e. The number of hydrogen-bond acceptors (Lipinski definition) is 2. The highest BCUT2D eigenvalue weighted by atomic mass is 35.5. The van der Waals surface area contributed by atoms with Crippen LogP contribution in [0, 0.1) is 0 Å². The molecule has 9 heavy (non-hydrogen) atoms. The Kier molecular flexibility index (Phi) is 2.48.